The fourth-order valence-corrected chi connectivity index (χ4v) is 20.4. The quantitative estimate of drug-likeness (QED) is 0.195. The topological polar surface area (TPSA) is 58.9 Å². The van der Waals surface area contributed by atoms with Crippen molar-refractivity contribution in [3.05, 3.63) is 0 Å². The molecule has 0 amide bonds. The highest BCUT2D eigenvalue weighted by Crippen LogP contribution is 2.50. The molecule has 0 aromatic carbocycles. The Bertz CT molecular complexity index is 639. The van der Waals surface area contributed by atoms with Gasteiger partial charge >= 0.3 is 0 Å². The van der Waals surface area contributed by atoms with Crippen molar-refractivity contribution >= 4 is 16.6 Å². The van der Waals surface area contributed by atoms with Crippen molar-refractivity contribution in [3.8, 4) is 0 Å². The molecule has 2 aliphatic carbocycles. The van der Waals surface area contributed by atoms with Gasteiger partial charge in [0, 0.05) is 24.0 Å². The monoisotopic (exact) mass is 600 g/mol. The summed E-state index contributed by atoms with van der Waals surface area (Å²) in [5.41, 5.74) is 2.73. The molecule has 0 aromatic rings. The largest absolute Gasteiger partial charge is 0.413 e. The molecule has 0 aromatic heterocycles. The molecule has 0 bridgehead atoms. The summed E-state index contributed by atoms with van der Waals surface area (Å²) in [6, 6.07) is 0. The Morgan fingerprint density at radius 2 is 0.750 bits per heavy atom. The summed E-state index contributed by atoms with van der Waals surface area (Å²) < 4.78 is 13.6. The minimum atomic E-state index is -1.82. The summed E-state index contributed by atoms with van der Waals surface area (Å²) >= 11 is 0. The van der Waals surface area contributed by atoms with Gasteiger partial charge in [-0.15, -0.1) is 0 Å². The summed E-state index contributed by atoms with van der Waals surface area (Å²) in [7, 11) is -3.64. The number of hydrogen-bond donors (Lipinski definition) is 2. The van der Waals surface area contributed by atoms with Gasteiger partial charge in [0.05, 0.1) is 11.2 Å². The molecule has 2 rings (SSSR count). The van der Waals surface area contributed by atoms with Gasteiger partial charge in [0.1, 0.15) is 0 Å². The van der Waals surface area contributed by atoms with Crippen molar-refractivity contribution in [1.82, 2.24) is 0 Å². The van der Waals surface area contributed by atoms with E-state index in [4.69, 9.17) is 8.85 Å². The van der Waals surface area contributed by atoms with Crippen LogP contribution >= 0.6 is 0 Å². The molecule has 2 aliphatic rings. The van der Waals surface area contributed by atoms with E-state index < -0.39 is 27.8 Å². The summed E-state index contributed by atoms with van der Waals surface area (Å²) in [6.45, 7) is 36.5. The van der Waals surface area contributed by atoms with Crippen molar-refractivity contribution in [3.63, 3.8) is 0 Å². The third-order valence-corrected chi connectivity index (χ3v) is 24.1. The zero-order chi connectivity index (χ0) is 31.4. The van der Waals surface area contributed by atoms with Crippen LogP contribution in [0, 0.1) is 11.8 Å². The Balaban J connectivity index is 0.000000400. The smallest absolute Gasteiger partial charge is 0.200 e. The van der Waals surface area contributed by atoms with E-state index in [1.54, 1.807) is 0 Å². The third-order valence-electron chi connectivity index (χ3n) is 11.7. The molecule has 0 unspecified atom stereocenters. The molecule has 2 fully saturated rings. The fraction of sp³-hybridized carbons (Fsp3) is 1.00. The molecule has 2 saturated carbocycles. The van der Waals surface area contributed by atoms with E-state index in [-0.39, 0.29) is 12.2 Å². The molecule has 0 aliphatic heterocycles. The second-order valence-electron chi connectivity index (χ2n) is 15.5. The van der Waals surface area contributed by atoms with Crippen molar-refractivity contribution in [2.24, 2.45) is 11.8 Å². The van der Waals surface area contributed by atoms with Gasteiger partial charge in [0.25, 0.3) is 0 Å². The second kappa shape index (κ2) is 14.8. The van der Waals surface area contributed by atoms with E-state index in [0.717, 1.165) is 38.5 Å². The average molecular weight is 601 g/mol. The molecule has 6 heteroatoms. The Morgan fingerprint density at radius 1 is 0.525 bits per heavy atom. The first-order chi connectivity index (χ1) is 18.2. The normalized spacial score (nSPS) is 29.1. The fourth-order valence-electron chi connectivity index (χ4n) is 9.13. The van der Waals surface area contributed by atoms with E-state index in [9.17, 15) is 10.2 Å². The zero-order valence-corrected chi connectivity index (χ0v) is 31.7. The van der Waals surface area contributed by atoms with E-state index in [0.29, 0.717) is 45.1 Å². The lowest BCUT2D eigenvalue weighted by Crippen LogP contribution is -2.57. The Labute approximate surface area is 253 Å². The lowest BCUT2D eigenvalue weighted by Gasteiger charge is -2.52. The molecule has 0 saturated heterocycles. The molecule has 4 nitrogen and oxygen atoms in total. The molecule has 0 spiro atoms. The van der Waals surface area contributed by atoms with Crippen LogP contribution in [0.25, 0.3) is 0 Å². The van der Waals surface area contributed by atoms with E-state index in [2.05, 4.69) is 111 Å². The molecule has 2 N–H and O–H groups in total. The predicted octanol–water partition coefficient (Wildman–Crippen LogP) is 10.2. The summed E-state index contributed by atoms with van der Waals surface area (Å²) in [6.07, 6.45) is 6.20. The molecular formula is C34H72O4Si2. The minimum Gasteiger partial charge on any atom is -0.413 e. The van der Waals surface area contributed by atoms with Crippen molar-refractivity contribution in [2.45, 2.75) is 206 Å². The third kappa shape index (κ3) is 7.49. The predicted molar refractivity (Wildman–Crippen MR) is 179 cm³/mol. The van der Waals surface area contributed by atoms with Gasteiger partial charge in [0.15, 0.2) is 0 Å². The molecule has 6 atom stereocenters. The van der Waals surface area contributed by atoms with E-state index in [1.807, 2.05) is 0 Å². The van der Waals surface area contributed by atoms with Crippen LogP contribution in [0.3, 0.4) is 0 Å². The van der Waals surface area contributed by atoms with Crippen LogP contribution in [0.2, 0.25) is 33.2 Å². The molecular weight excluding hydrogens is 529 g/mol. The van der Waals surface area contributed by atoms with Crippen LogP contribution in [0.1, 0.15) is 149 Å². The first-order valence-corrected chi connectivity index (χ1v) is 21.3. The van der Waals surface area contributed by atoms with Gasteiger partial charge in [-0.05, 0) is 85.6 Å². The van der Waals surface area contributed by atoms with E-state index in [1.165, 1.54) is 0 Å². The Hall–Kier alpha value is 0.274. The van der Waals surface area contributed by atoms with Crippen molar-refractivity contribution in [1.29, 1.82) is 0 Å². The minimum absolute atomic E-state index is 0.188. The highest BCUT2D eigenvalue weighted by atomic mass is 28.4. The molecule has 40 heavy (non-hydrogen) atoms. The number of aliphatic hydroxyl groups is 2. The van der Waals surface area contributed by atoms with Gasteiger partial charge in [0.2, 0.25) is 16.6 Å². The van der Waals surface area contributed by atoms with Crippen LogP contribution in [0.5, 0.6) is 0 Å². The highest BCUT2D eigenvalue weighted by Gasteiger charge is 2.53. The summed E-state index contributed by atoms with van der Waals surface area (Å²) in [4.78, 5) is 0. The van der Waals surface area contributed by atoms with Gasteiger partial charge in [-0.1, -0.05) is 96.9 Å². The van der Waals surface area contributed by atoms with Crippen LogP contribution in [-0.2, 0) is 8.85 Å². The SMILES string of the molecule is CC[C@@]1(O)CC[C@@H]1[C@@H](C)O[Si](C(C)C)(C(C)C)C(C)C.CC[C@]1(O)CC[C@@H]1[C@@H](C)O[Si](C(C)C)(C(C)C)C(C)C. The van der Waals surface area contributed by atoms with Crippen LogP contribution in [0.4, 0.5) is 0 Å². The van der Waals surface area contributed by atoms with E-state index >= 15 is 0 Å². The Morgan fingerprint density at radius 3 is 0.875 bits per heavy atom. The number of hydrogen-bond acceptors (Lipinski definition) is 4. The first-order valence-electron chi connectivity index (χ1n) is 17.0. The maximum atomic E-state index is 10.6. The Kier molecular flexibility index (Phi) is 14.2. The number of rotatable bonds is 14. The first kappa shape index (κ1) is 38.3. The van der Waals surface area contributed by atoms with Gasteiger partial charge in [-0.3, -0.25) is 0 Å². The second-order valence-corrected chi connectivity index (χ2v) is 26.3. The van der Waals surface area contributed by atoms with Crippen LogP contribution in [-0.4, -0.2) is 50.3 Å². The van der Waals surface area contributed by atoms with Crippen molar-refractivity contribution in [2.75, 3.05) is 0 Å². The molecule has 0 radical (unpaired) electrons. The lowest BCUT2D eigenvalue weighted by molar-refractivity contribution is -0.134. The van der Waals surface area contributed by atoms with Crippen molar-refractivity contribution < 1.29 is 19.1 Å². The standard InChI is InChI=1S/2C17H36O2Si/c2*1-9-17(18)11-10-16(17)15(8)19-20(12(2)3,13(4)5)14(6)7/h2*12-16,18H,9-11H2,1-8H3/t15-,16-,17+;15-,16-,17-/m11/s1. The highest BCUT2D eigenvalue weighted by molar-refractivity contribution is 6.78. The van der Waals surface area contributed by atoms with Crippen LogP contribution < -0.4 is 0 Å². The van der Waals surface area contributed by atoms with Gasteiger partial charge in [-0.2, -0.15) is 0 Å². The van der Waals surface area contributed by atoms with Crippen LogP contribution in [0.15, 0.2) is 0 Å². The molecule has 0 heterocycles. The van der Waals surface area contributed by atoms with Gasteiger partial charge in [-0.25, -0.2) is 0 Å². The lowest BCUT2D eigenvalue weighted by atomic mass is 9.66. The molecule has 240 valence electrons. The summed E-state index contributed by atoms with van der Waals surface area (Å²) in [5.74, 6) is 0.659. The maximum Gasteiger partial charge on any atom is 0.200 e. The summed E-state index contributed by atoms with van der Waals surface area (Å²) in [5, 5.41) is 21.2. The maximum absolute atomic E-state index is 10.6. The zero-order valence-electron chi connectivity index (χ0n) is 29.7. The van der Waals surface area contributed by atoms with Gasteiger partial charge < -0.3 is 19.1 Å². The average Bonchev–Trinajstić information content (AvgIpc) is 2.82.